The number of hydrogen-bond acceptors (Lipinski definition) is 2. The van der Waals surface area contributed by atoms with Gasteiger partial charge in [-0.3, -0.25) is 9.55 Å². The summed E-state index contributed by atoms with van der Waals surface area (Å²) in [7, 11) is 0.111. The van der Waals surface area contributed by atoms with Crippen LogP contribution in [0, 0.1) is 0 Å². The Morgan fingerprint density at radius 1 is 1.00 bits per heavy atom. The summed E-state index contributed by atoms with van der Waals surface area (Å²) in [6.45, 7) is 0. The van der Waals surface area contributed by atoms with Gasteiger partial charge in [0.15, 0.2) is 8.46 Å². The van der Waals surface area contributed by atoms with E-state index in [0.717, 1.165) is 17.0 Å². The molecule has 2 aromatic rings. The Morgan fingerprint density at radius 3 is 2.53 bits per heavy atom. The minimum atomic E-state index is 0.111. The zero-order chi connectivity index (χ0) is 10.5. The van der Waals surface area contributed by atoms with E-state index < -0.39 is 0 Å². The summed E-state index contributed by atoms with van der Waals surface area (Å²) in [5.41, 5.74) is 2.87. The van der Waals surface area contributed by atoms with E-state index in [1.807, 2.05) is 48.5 Å². The third-order valence-corrected chi connectivity index (χ3v) is 2.56. The van der Waals surface area contributed by atoms with Gasteiger partial charge in [0.1, 0.15) is 0 Å². The maximum absolute atomic E-state index is 10.5. The lowest BCUT2D eigenvalue weighted by atomic mass is 10.1. The van der Waals surface area contributed by atoms with Crippen LogP contribution in [0.2, 0.25) is 0 Å². The molecule has 1 aromatic heterocycles. The van der Waals surface area contributed by atoms with Crippen molar-refractivity contribution in [1.82, 2.24) is 4.98 Å². The average Bonchev–Trinajstić information content (AvgIpc) is 2.31. The molecule has 0 saturated heterocycles. The number of benzene rings is 1. The second kappa shape index (κ2) is 4.81. The predicted octanol–water partition coefficient (Wildman–Crippen LogP) is 3.54. The normalized spacial score (nSPS) is 10.4. The van der Waals surface area contributed by atoms with Gasteiger partial charge >= 0.3 is 0 Å². The van der Waals surface area contributed by atoms with Crippen molar-refractivity contribution in [2.24, 2.45) is 0 Å². The van der Waals surface area contributed by atoms with Crippen LogP contribution in [-0.2, 0) is 10.7 Å². The molecule has 1 aromatic carbocycles. The van der Waals surface area contributed by atoms with Crippen molar-refractivity contribution in [2.45, 2.75) is 6.16 Å². The van der Waals surface area contributed by atoms with Gasteiger partial charge in [-0.15, -0.1) is 0 Å². The molecule has 0 spiro atoms. The van der Waals surface area contributed by atoms with Gasteiger partial charge in [-0.05, 0) is 12.1 Å². The highest BCUT2D eigenvalue weighted by Gasteiger charge is 1.99. The Bertz CT molecular complexity index is 456. The fraction of sp³-hybridized carbons (Fsp3) is 0.0833. The van der Waals surface area contributed by atoms with Crippen LogP contribution in [-0.4, -0.2) is 4.98 Å². The van der Waals surface area contributed by atoms with Gasteiger partial charge in [-0.2, -0.15) is 0 Å². The van der Waals surface area contributed by atoms with Crippen molar-refractivity contribution in [2.75, 3.05) is 0 Å². The Balaban J connectivity index is 2.37. The summed E-state index contributed by atoms with van der Waals surface area (Å²) in [6.07, 6.45) is 0.473. The average molecular weight is 215 g/mol. The molecule has 1 heterocycles. The van der Waals surface area contributed by atoms with E-state index in [0.29, 0.717) is 6.16 Å². The van der Waals surface area contributed by atoms with Gasteiger partial charge in [0.25, 0.3) is 0 Å². The Kier molecular flexibility index (Phi) is 3.21. The van der Waals surface area contributed by atoms with Crippen molar-refractivity contribution >= 4 is 8.46 Å². The topological polar surface area (TPSA) is 30.0 Å². The molecule has 3 heteroatoms. The third-order valence-electron chi connectivity index (χ3n) is 2.10. The highest BCUT2D eigenvalue weighted by Crippen LogP contribution is 2.17. The number of nitrogens with zero attached hydrogens (tertiary/aromatic N) is 1. The van der Waals surface area contributed by atoms with Crippen molar-refractivity contribution in [3.8, 4) is 11.3 Å². The smallest absolute Gasteiger partial charge is 0.161 e. The van der Waals surface area contributed by atoms with Gasteiger partial charge in [-0.1, -0.05) is 36.4 Å². The minimum absolute atomic E-state index is 0.111. The van der Waals surface area contributed by atoms with Gasteiger partial charge in [-0.25, -0.2) is 0 Å². The van der Waals surface area contributed by atoms with Crippen molar-refractivity contribution < 1.29 is 4.57 Å². The first kappa shape index (κ1) is 10.0. The molecule has 0 saturated carbocycles. The molecule has 0 atom stereocenters. The predicted molar refractivity (Wildman–Crippen MR) is 61.0 cm³/mol. The van der Waals surface area contributed by atoms with E-state index in [9.17, 15) is 4.57 Å². The third kappa shape index (κ3) is 2.48. The molecule has 0 aliphatic carbocycles. The largest absolute Gasteiger partial charge is 0.275 e. The highest BCUT2D eigenvalue weighted by atomic mass is 31.1. The minimum Gasteiger partial charge on any atom is -0.275 e. The highest BCUT2D eigenvalue weighted by molar-refractivity contribution is 7.22. The van der Waals surface area contributed by atoms with Crippen molar-refractivity contribution in [1.29, 1.82) is 0 Å². The van der Waals surface area contributed by atoms with Crippen LogP contribution in [0.5, 0.6) is 0 Å². The first-order chi connectivity index (χ1) is 7.40. The van der Waals surface area contributed by atoms with Gasteiger partial charge in [0, 0.05) is 5.56 Å². The number of aromatic nitrogens is 1. The molecule has 15 heavy (non-hydrogen) atoms. The van der Waals surface area contributed by atoms with Crippen LogP contribution in [0.15, 0.2) is 48.5 Å². The first-order valence-electron chi connectivity index (χ1n) is 4.70. The molecule has 0 aliphatic heterocycles. The molecular weight excluding hydrogens is 205 g/mol. The summed E-state index contributed by atoms with van der Waals surface area (Å²) in [5.74, 6) is 0. The second-order valence-electron chi connectivity index (χ2n) is 3.17. The molecule has 0 bridgehead atoms. The second-order valence-corrected chi connectivity index (χ2v) is 3.74. The van der Waals surface area contributed by atoms with Crippen LogP contribution in [0.3, 0.4) is 0 Å². The van der Waals surface area contributed by atoms with E-state index in [4.69, 9.17) is 0 Å². The quantitative estimate of drug-likeness (QED) is 0.733. The van der Waals surface area contributed by atoms with E-state index in [-0.39, 0.29) is 8.46 Å². The van der Waals surface area contributed by atoms with E-state index in [2.05, 4.69) is 4.98 Å². The fourth-order valence-electron chi connectivity index (χ4n) is 1.40. The van der Waals surface area contributed by atoms with Crippen LogP contribution >= 0.6 is 8.46 Å². The Hall–Kier alpha value is -1.53. The molecule has 0 N–H and O–H groups in total. The molecule has 0 fully saturated rings. The lowest BCUT2D eigenvalue weighted by Gasteiger charge is -2.01. The van der Waals surface area contributed by atoms with E-state index >= 15 is 0 Å². The SMILES string of the molecule is O=PCc1cccc(-c2ccccc2)n1. The molecular formula is C12H10NOP. The number of rotatable bonds is 3. The van der Waals surface area contributed by atoms with Crippen molar-refractivity contribution in [3.63, 3.8) is 0 Å². The lowest BCUT2D eigenvalue weighted by molar-refractivity contribution is 0.598. The molecule has 0 radical (unpaired) electrons. The lowest BCUT2D eigenvalue weighted by Crippen LogP contribution is -1.88. The van der Waals surface area contributed by atoms with E-state index in [1.165, 1.54) is 0 Å². The van der Waals surface area contributed by atoms with Crippen molar-refractivity contribution in [3.05, 3.63) is 54.2 Å². The molecule has 0 amide bonds. The van der Waals surface area contributed by atoms with Crippen LogP contribution in [0.25, 0.3) is 11.3 Å². The molecule has 0 aliphatic rings. The molecule has 0 unspecified atom stereocenters. The van der Waals surface area contributed by atoms with Crippen LogP contribution in [0.4, 0.5) is 0 Å². The molecule has 2 rings (SSSR count). The van der Waals surface area contributed by atoms with Gasteiger partial charge in [0.05, 0.1) is 17.5 Å². The summed E-state index contributed by atoms with van der Waals surface area (Å²) in [6, 6.07) is 15.8. The number of hydrogen-bond donors (Lipinski definition) is 0. The fourth-order valence-corrected chi connectivity index (χ4v) is 1.71. The first-order valence-corrected chi connectivity index (χ1v) is 5.70. The maximum atomic E-state index is 10.5. The van der Waals surface area contributed by atoms with Crippen LogP contribution in [0.1, 0.15) is 5.69 Å². The maximum Gasteiger partial charge on any atom is 0.161 e. The zero-order valence-electron chi connectivity index (χ0n) is 8.13. The van der Waals surface area contributed by atoms with Gasteiger partial charge in [0.2, 0.25) is 0 Å². The standard InChI is InChI=1S/C12H10NOP/c14-15-9-11-7-4-8-12(13-11)10-5-2-1-3-6-10/h1-8H,9H2. The zero-order valence-corrected chi connectivity index (χ0v) is 9.02. The Morgan fingerprint density at radius 2 is 1.80 bits per heavy atom. The van der Waals surface area contributed by atoms with E-state index in [1.54, 1.807) is 0 Å². The molecule has 2 nitrogen and oxygen atoms in total. The summed E-state index contributed by atoms with van der Waals surface area (Å²) < 4.78 is 10.5. The summed E-state index contributed by atoms with van der Waals surface area (Å²) >= 11 is 0. The summed E-state index contributed by atoms with van der Waals surface area (Å²) in [4.78, 5) is 4.43. The summed E-state index contributed by atoms with van der Waals surface area (Å²) in [5, 5.41) is 0. The van der Waals surface area contributed by atoms with Crippen LogP contribution < -0.4 is 0 Å². The Labute approximate surface area is 90.2 Å². The monoisotopic (exact) mass is 215 g/mol. The molecule has 74 valence electrons. The number of pyridine rings is 1. The van der Waals surface area contributed by atoms with Gasteiger partial charge < -0.3 is 0 Å².